The van der Waals surface area contributed by atoms with E-state index in [1.54, 1.807) is 0 Å². The maximum atomic E-state index is 12.7. The molecule has 0 aliphatic carbocycles. The maximum absolute atomic E-state index is 12.7. The van der Waals surface area contributed by atoms with Crippen molar-refractivity contribution >= 4 is 17.8 Å². The van der Waals surface area contributed by atoms with Gasteiger partial charge in [0, 0.05) is 12.8 Å². The molecule has 318 valence electrons. The third-order valence-corrected chi connectivity index (χ3v) is 9.44. The Morgan fingerprint density at radius 1 is 0.536 bits per heavy atom. The molecule has 0 aromatic heterocycles. The minimum atomic E-state index is -1.02. The Labute approximate surface area is 343 Å². The highest BCUT2D eigenvalue weighted by molar-refractivity contribution is 5.83. The van der Waals surface area contributed by atoms with E-state index in [-0.39, 0.29) is 18.0 Å². The highest BCUT2D eigenvalue weighted by Gasteiger charge is 2.19. The molecule has 2 atom stereocenters. The van der Waals surface area contributed by atoms with Crippen molar-refractivity contribution in [3.05, 3.63) is 85.1 Å². The Bertz CT molecular complexity index is 1150. The summed E-state index contributed by atoms with van der Waals surface area (Å²) in [7, 11) is 0. The molecule has 0 saturated heterocycles. The van der Waals surface area contributed by atoms with Crippen LogP contribution in [0.2, 0.25) is 0 Å². The Morgan fingerprint density at radius 3 is 1.50 bits per heavy atom. The lowest BCUT2D eigenvalue weighted by atomic mass is 10.0. The van der Waals surface area contributed by atoms with Crippen LogP contribution in [0.1, 0.15) is 187 Å². The minimum absolute atomic E-state index is 0.121. The quantitative estimate of drug-likeness (QED) is 0.0325. The normalized spacial score (nSPS) is 13.5. The van der Waals surface area contributed by atoms with Gasteiger partial charge in [-0.3, -0.25) is 9.59 Å². The number of carbonyl (C=O) groups is 3. The van der Waals surface area contributed by atoms with Crippen LogP contribution in [0, 0.1) is 0 Å². The fourth-order valence-corrected chi connectivity index (χ4v) is 6.14. The summed E-state index contributed by atoms with van der Waals surface area (Å²) >= 11 is 0. The third kappa shape index (κ3) is 38.8. The molecule has 0 bridgehead atoms. The first-order chi connectivity index (χ1) is 27.4. The molecule has 0 aromatic carbocycles. The van der Waals surface area contributed by atoms with Gasteiger partial charge in [-0.05, 0) is 109 Å². The van der Waals surface area contributed by atoms with Gasteiger partial charge in [-0.15, -0.1) is 0 Å². The Morgan fingerprint density at radius 2 is 0.982 bits per heavy atom. The summed E-state index contributed by atoms with van der Waals surface area (Å²) in [5, 5.41) is 11.9. The van der Waals surface area contributed by atoms with Crippen LogP contribution >= 0.6 is 0 Å². The molecule has 1 amide bonds. The highest BCUT2D eigenvalue weighted by Crippen LogP contribution is 2.15. The number of carbonyl (C=O) groups excluding carboxylic acids is 2. The Kier molecular flexibility index (Phi) is 40.1. The van der Waals surface area contributed by atoms with E-state index < -0.39 is 12.0 Å². The van der Waals surface area contributed by atoms with Crippen molar-refractivity contribution in [1.82, 2.24) is 5.32 Å². The first kappa shape index (κ1) is 52.6. The van der Waals surface area contributed by atoms with Crippen LogP contribution in [0.3, 0.4) is 0 Å². The molecular weight excluding hydrogens is 697 g/mol. The van der Waals surface area contributed by atoms with Crippen molar-refractivity contribution in [3.63, 3.8) is 0 Å². The number of amides is 1. The number of allylic oxidation sites excluding steroid dienone is 13. The Hall–Kier alpha value is -3.45. The Balaban J connectivity index is 4.19. The summed E-state index contributed by atoms with van der Waals surface area (Å²) in [5.74, 6) is -1.38. The lowest BCUT2D eigenvalue weighted by molar-refractivity contribution is -0.147. The molecule has 0 aliphatic rings. The number of hydrogen-bond acceptors (Lipinski definition) is 5. The smallest absolute Gasteiger partial charge is 0.326 e. The van der Waals surface area contributed by atoms with Crippen LogP contribution in [0.4, 0.5) is 0 Å². The fraction of sp³-hybridized carbons (Fsp3) is 0.653. The second-order valence-electron chi connectivity index (χ2n) is 14.7. The topological polar surface area (TPSA) is 119 Å². The summed E-state index contributed by atoms with van der Waals surface area (Å²) in [6.07, 6.45) is 56.6. The number of rotatable bonds is 39. The minimum Gasteiger partial charge on any atom is -0.480 e. The maximum Gasteiger partial charge on any atom is 0.326 e. The van der Waals surface area contributed by atoms with E-state index in [2.05, 4.69) is 98.2 Å². The first-order valence-electron chi connectivity index (χ1n) is 22.4. The summed E-state index contributed by atoms with van der Waals surface area (Å²) in [4.78, 5) is 36.3. The van der Waals surface area contributed by atoms with Gasteiger partial charge in [-0.25, -0.2) is 4.79 Å². The van der Waals surface area contributed by atoms with Gasteiger partial charge in [-0.1, -0.05) is 157 Å². The van der Waals surface area contributed by atoms with Crippen molar-refractivity contribution in [2.45, 2.75) is 199 Å². The molecule has 4 N–H and O–H groups in total. The molecule has 0 saturated carbocycles. The van der Waals surface area contributed by atoms with E-state index in [1.165, 1.54) is 57.8 Å². The number of nitrogens with two attached hydrogens (primary N) is 1. The van der Waals surface area contributed by atoms with E-state index in [4.69, 9.17) is 10.5 Å². The number of ether oxygens (including phenoxy) is 1. The van der Waals surface area contributed by atoms with Gasteiger partial charge >= 0.3 is 11.9 Å². The zero-order chi connectivity index (χ0) is 41.0. The van der Waals surface area contributed by atoms with E-state index >= 15 is 0 Å². The first-order valence-corrected chi connectivity index (χ1v) is 22.4. The van der Waals surface area contributed by atoms with Crippen LogP contribution in [0.25, 0.3) is 0 Å². The van der Waals surface area contributed by atoms with Crippen molar-refractivity contribution < 1.29 is 24.2 Å². The van der Waals surface area contributed by atoms with Gasteiger partial charge < -0.3 is 20.9 Å². The van der Waals surface area contributed by atoms with Gasteiger partial charge in [0.1, 0.15) is 12.1 Å². The van der Waals surface area contributed by atoms with Crippen molar-refractivity contribution in [2.75, 3.05) is 6.54 Å². The summed E-state index contributed by atoms with van der Waals surface area (Å²) in [6, 6.07) is -0.880. The second-order valence-corrected chi connectivity index (χ2v) is 14.7. The van der Waals surface area contributed by atoms with Gasteiger partial charge in [0.25, 0.3) is 0 Å². The van der Waals surface area contributed by atoms with Crippen LogP contribution < -0.4 is 11.1 Å². The van der Waals surface area contributed by atoms with Crippen LogP contribution in [0.5, 0.6) is 0 Å². The van der Waals surface area contributed by atoms with Crippen LogP contribution in [0.15, 0.2) is 85.1 Å². The van der Waals surface area contributed by atoms with E-state index in [0.717, 1.165) is 83.5 Å². The highest BCUT2D eigenvalue weighted by atomic mass is 16.5. The summed E-state index contributed by atoms with van der Waals surface area (Å²) in [5.41, 5.74) is 5.48. The molecule has 0 heterocycles. The van der Waals surface area contributed by atoms with Crippen molar-refractivity contribution in [1.29, 1.82) is 0 Å². The van der Waals surface area contributed by atoms with Crippen LogP contribution in [-0.2, 0) is 19.1 Å². The van der Waals surface area contributed by atoms with E-state index in [1.807, 2.05) is 6.08 Å². The predicted molar refractivity (Wildman–Crippen MR) is 238 cm³/mol. The SMILES string of the molecule is CC/C=C\C/C=C\C/C=C\C/C=C\CCCCCCCCCCCCC(=O)OC(/C=C\C/C=C\C/C=C\CC)CCCCCCC(=O)NC(CCCN)C(=O)O. The predicted octanol–water partition coefficient (Wildman–Crippen LogP) is 12.9. The zero-order valence-electron chi connectivity index (χ0n) is 35.7. The summed E-state index contributed by atoms with van der Waals surface area (Å²) < 4.78 is 5.90. The molecule has 56 heavy (non-hydrogen) atoms. The number of esters is 1. The lowest BCUT2D eigenvalue weighted by Gasteiger charge is -2.15. The van der Waals surface area contributed by atoms with Crippen molar-refractivity contribution in [3.8, 4) is 0 Å². The molecule has 7 nitrogen and oxygen atoms in total. The van der Waals surface area contributed by atoms with Gasteiger partial charge in [0.05, 0.1) is 0 Å². The molecule has 7 heteroatoms. The van der Waals surface area contributed by atoms with Gasteiger partial charge in [0.2, 0.25) is 5.91 Å². The monoisotopic (exact) mass is 779 g/mol. The standard InChI is InChI=1S/C49H82N2O5/c1-3-5-7-9-11-13-14-15-16-17-18-19-20-21-22-23-24-25-26-27-29-31-37-43-48(53)56-45(39-34-30-28-12-10-8-6-4-2)40-35-32-33-36-42-47(52)51-46(49(54)55)41-38-44-50/h5-8,11-13,15-16,18-19,28,34,39,45-46H,3-4,9-10,14,17,20-27,29-33,35-38,40-44,50H2,1-2H3,(H,51,52)(H,54,55)/b7-5-,8-6-,13-11-,16-15-,19-18-,28-12-,39-34-. The molecular formula is C49H82N2O5. The zero-order valence-corrected chi connectivity index (χ0v) is 35.7. The average molecular weight is 779 g/mol. The molecule has 0 spiro atoms. The molecule has 0 rings (SSSR count). The van der Waals surface area contributed by atoms with Gasteiger partial charge in [0.15, 0.2) is 0 Å². The molecule has 0 fully saturated rings. The molecule has 2 unspecified atom stereocenters. The fourth-order valence-electron chi connectivity index (χ4n) is 6.14. The molecule has 0 radical (unpaired) electrons. The number of carboxylic acid groups (broad SMARTS) is 1. The average Bonchev–Trinajstić information content (AvgIpc) is 3.18. The second kappa shape index (κ2) is 42.7. The van der Waals surface area contributed by atoms with E-state index in [0.29, 0.717) is 38.6 Å². The number of aliphatic carboxylic acids is 1. The number of nitrogens with one attached hydrogen (secondary N) is 1. The van der Waals surface area contributed by atoms with E-state index in [9.17, 15) is 19.5 Å². The number of unbranched alkanes of at least 4 members (excludes halogenated alkanes) is 13. The largest absolute Gasteiger partial charge is 0.480 e. The molecule has 0 aliphatic heterocycles. The lowest BCUT2D eigenvalue weighted by Crippen LogP contribution is -2.40. The third-order valence-electron chi connectivity index (χ3n) is 9.44. The summed E-state index contributed by atoms with van der Waals surface area (Å²) in [6.45, 7) is 4.69. The number of hydrogen-bond donors (Lipinski definition) is 3. The number of carboxylic acids is 1. The van der Waals surface area contributed by atoms with Crippen molar-refractivity contribution in [2.24, 2.45) is 5.73 Å². The molecule has 0 aromatic rings. The van der Waals surface area contributed by atoms with Crippen LogP contribution in [-0.4, -0.2) is 41.6 Å². The van der Waals surface area contributed by atoms with Gasteiger partial charge in [-0.2, -0.15) is 0 Å².